The van der Waals surface area contributed by atoms with E-state index < -0.39 is 0 Å². The van der Waals surface area contributed by atoms with Gasteiger partial charge >= 0.3 is 0 Å². The van der Waals surface area contributed by atoms with Gasteiger partial charge in [-0.25, -0.2) is 4.39 Å². The van der Waals surface area contributed by atoms with Crippen LogP contribution in [0.4, 0.5) is 10.1 Å². The first-order chi connectivity index (χ1) is 10.2. The van der Waals surface area contributed by atoms with Crippen molar-refractivity contribution in [1.29, 1.82) is 0 Å². The molecule has 0 fully saturated rings. The number of benzene rings is 2. The van der Waals surface area contributed by atoms with Gasteiger partial charge in [-0.15, -0.1) is 0 Å². The fraction of sp³-hybridized carbons (Fsp3) is 0.235. The summed E-state index contributed by atoms with van der Waals surface area (Å²) in [7, 11) is 0. The van der Waals surface area contributed by atoms with Gasteiger partial charge in [-0.2, -0.15) is 0 Å². The Morgan fingerprint density at radius 2 is 1.81 bits per heavy atom. The number of nitrogens with one attached hydrogen (secondary N) is 2. The Morgan fingerprint density at radius 3 is 2.57 bits per heavy atom. The van der Waals surface area contributed by atoms with Crippen LogP contribution in [0.2, 0.25) is 0 Å². The molecule has 0 bridgehead atoms. The first-order valence-corrected chi connectivity index (χ1v) is 7.04. The first kappa shape index (κ1) is 15.0. The van der Waals surface area contributed by atoms with Gasteiger partial charge in [0.05, 0.1) is 0 Å². The number of hydrogen-bond acceptors (Lipinski definition) is 2. The summed E-state index contributed by atoms with van der Waals surface area (Å²) in [5, 5.41) is 5.90. The number of rotatable bonds is 7. The molecule has 2 aromatic rings. The predicted octanol–water partition coefficient (Wildman–Crippen LogP) is 2.99. The largest absolute Gasteiger partial charge is 0.384 e. The molecule has 21 heavy (non-hydrogen) atoms. The van der Waals surface area contributed by atoms with E-state index in [1.807, 2.05) is 30.3 Å². The third kappa shape index (κ3) is 5.65. The van der Waals surface area contributed by atoms with Gasteiger partial charge < -0.3 is 10.6 Å². The van der Waals surface area contributed by atoms with E-state index in [2.05, 4.69) is 10.6 Å². The maximum absolute atomic E-state index is 13.0. The van der Waals surface area contributed by atoms with Gasteiger partial charge in [-0.05, 0) is 30.2 Å². The highest BCUT2D eigenvalue weighted by Gasteiger charge is 2.01. The van der Waals surface area contributed by atoms with Crippen LogP contribution in [-0.2, 0) is 11.2 Å². The number of anilines is 1. The molecule has 2 N–H and O–H groups in total. The number of carbonyl (C=O) groups excluding carboxylic acids is 1. The molecule has 0 atom stereocenters. The summed E-state index contributed by atoms with van der Waals surface area (Å²) in [6, 6.07) is 16.2. The summed E-state index contributed by atoms with van der Waals surface area (Å²) < 4.78 is 13.0. The second kappa shape index (κ2) is 8.04. The zero-order chi connectivity index (χ0) is 14.9. The van der Waals surface area contributed by atoms with Gasteiger partial charge in [0.1, 0.15) is 5.82 Å². The molecule has 3 nitrogen and oxygen atoms in total. The zero-order valence-corrected chi connectivity index (χ0v) is 11.8. The number of halogens is 1. The Balaban J connectivity index is 1.61. The second-order valence-corrected chi connectivity index (χ2v) is 4.77. The molecule has 0 radical (unpaired) electrons. The number of carbonyl (C=O) groups is 1. The maximum Gasteiger partial charge on any atom is 0.221 e. The van der Waals surface area contributed by atoms with E-state index in [9.17, 15) is 9.18 Å². The third-order valence-corrected chi connectivity index (χ3v) is 3.08. The first-order valence-electron chi connectivity index (χ1n) is 7.04. The van der Waals surface area contributed by atoms with E-state index in [1.165, 1.54) is 17.7 Å². The van der Waals surface area contributed by atoms with E-state index in [1.54, 1.807) is 12.1 Å². The smallest absolute Gasteiger partial charge is 0.221 e. The van der Waals surface area contributed by atoms with Crippen molar-refractivity contribution in [2.45, 2.75) is 12.8 Å². The van der Waals surface area contributed by atoms with Crippen LogP contribution in [0, 0.1) is 5.82 Å². The fourth-order valence-electron chi connectivity index (χ4n) is 2.00. The van der Waals surface area contributed by atoms with E-state index in [0.717, 1.165) is 6.42 Å². The highest BCUT2D eigenvalue weighted by Crippen LogP contribution is 2.08. The molecule has 0 spiro atoms. The van der Waals surface area contributed by atoms with Crippen molar-refractivity contribution >= 4 is 11.6 Å². The van der Waals surface area contributed by atoms with Crippen LogP contribution in [0.1, 0.15) is 12.0 Å². The average molecular weight is 286 g/mol. The van der Waals surface area contributed by atoms with Crippen molar-refractivity contribution in [3.63, 3.8) is 0 Å². The Hall–Kier alpha value is -2.36. The molecule has 0 saturated heterocycles. The number of amides is 1. The van der Waals surface area contributed by atoms with Crippen LogP contribution in [0.3, 0.4) is 0 Å². The lowest BCUT2D eigenvalue weighted by atomic mass is 10.1. The fourth-order valence-corrected chi connectivity index (χ4v) is 2.00. The molecule has 0 aliphatic heterocycles. The van der Waals surface area contributed by atoms with Crippen molar-refractivity contribution in [2.75, 3.05) is 18.4 Å². The highest BCUT2D eigenvalue weighted by molar-refractivity contribution is 5.76. The predicted molar refractivity (Wildman–Crippen MR) is 82.7 cm³/mol. The molecule has 0 aromatic heterocycles. The summed E-state index contributed by atoms with van der Waals surface area (Å²) in [6.45, 7) is 1.11. The quantitative estimate of drug-likeness (QED) is 0.821. The van der Waals surface area contributed by atoms with Crippen LogP contribution in [-0.4, -0.2) is 19.0 Å². The Labute approximate surface area is 124 Å². The lowest BCUT2D eigenvalue weighted by molar-refractivity contribution is -0.120. The van der Waals surface area contributed by atoms with Gasteiger partial charge in [0.15, 0.2) is 0 Å². The van der Waals surface area contributed by atoms with Gasteiger partial charge in [0.25, 0.3) is 0 Å². The van der Waals surface area contributed by atoms with Crippen LogP contribution in [0.15, 0.2) is 54.6 Å². The molecule has 0 unspecified atom stereocenters. The SMILES string of the molecule is O=C(CCNc1cccc(F)c1)NCCc1ccccc1. The normalized spacial score (nSPS) is 10.1. The van der Waals surface area contributed by atoms with Crippen molar-refractivity contribution in [3.05, 3.63) is 66.0 Å². The molecule has 110 valence electrons. The van der Waals surface area contributed by atoms with E-state index >= 15 is 0 Å². The molecule has 0 aliphatic rings. The highest BCUT2D eigenvalue weighted by atomic mass is 19.1. The van der Waals surface area contributed by atoms with Crippen LogP contribution in [0.5, 0.6) is 0 Å². The van der Waals surface area contributed by atoms with Crippen molar-refractivity contribution < 1.29 is 9.18 Å². The van der Waals surface area contributed by atoms with Crippen LogP contribution < -0.4 is 10.6 Å². The summed E-state index contributed by atoms with van der Waals surface area (Å²) in [4.78, 5) is 11.7. The molecule has 0 saturated carbocycles. The van der Waals surface area contributed by atoms with Gasteiger partial charge in [0, 0.05) is 25.2 Å². The molecule has 0 aliphatic carbocycles. The van der Waals surface area contributed by atoms with Gasteiger partial charge in [-0.3, -0.25) is 4.79 Å². The standard InChI is InChI=1S/C17H19FN2O/c18-15-7-4-8-16(13-15)19-12-10-17(21)20-11-9-14-5-2-1-3-6-14/h1-8,13,19H,9-12H2,(H,20,21). The Kier molecular flexibility index (Phi) is 5.76. The minimum absolute atomic E-state index is 0.00478. The Morgan fingerprint density at radius 1 is 1.00 bits per heavy atom. The maximum atomic E-state index is 13.0. The summed E-state index contributed by atoms with van der Waals surface area (Å²) in [6.07, 6.45) is 1.19. The summed E-state index contributed by atoms with van der Waals surface area (Å²) in [5.41, 5.74) is 1.89. The minimum atomic E-state index is -0.285. The molecule has 0 heterocycles. The topological polar surface area (TPSA) is 41.1 Å². The molecular formula is C17H19FN2O. The number of hydrogen-bond donors (Lipinski definition) is 2. The monoisotopic (exact) mass is 286 g/mol. The second-order valence-electron chi connectivity index (χ2n) is 4.77. The zero-order valence-electron chi connectivity index (χ0n) is 11.8. The average Bonchev–Trinajstić information content (AvgIpc) is 2.48. The molecule has 2 aromatic carbocycles. The molecule has 2 rings (SSSR count). The summed E-state index contributed by atoms with van der Waals surface area (Å²) in [5.74, 6) is -0.290. The van der Waals surface area contributed by atoms with Crippen LogP contribution in [0.25, 0.3) is 0 Å². The van der Waals surface area contributed by atoms with Crippen molar-refractivity contribution in [3.8, 4) is 0 Å². The lowest BCUT2D eigenvalue weighted by Gasteiger charge is -2.07. The molecule has 1 amide bonds. The summed E-state index contributed by atoms with van der Waals surface area (Å²) >= 11 is 0. The van der Waals surface area contributed by atoms with Crippen molar-refractivity contribution in [1.82, 2.24) is 5.32 Å². The van der Waals surface area contributed by atoms with E-state index in [0.29, 0.717) is 25.2 Å². The van der Waals surface area contributed by atoms with E-state index in [4.69, 9.17) is 0 Å². The van der Waals surface area contributed by atoms with Crippen LogP contribution >= 0.6 is 0 Å². The Bertz CT molecular complexity index is 572. The van der Waals surface area contributed by atoms with Gasteiger partial charge in [0.2, 0.25) is 5.91 Å². The third-order valence-electron chi connectivity index (χ3n) is 3.08. The minimum Gasteiger partial charge on any atom is -0.384 e. The molecule has 4 heteroatoms. The van der Waals surface area contributed by atoms with Crippen molar-refractivity contribution in [2.24, 2.45) is 0 Å². The lowest BCUT2D eigenvalue weighted by Crippen LogP contribution is -2.27. The van der Waals surface area contributed by atoms with E-state index in [-0.39, 0.29) is 11.7 Å². The van der Waals surface area contributed by atoms with Gasteiger partial charge in [-0.1, -0.05) is 36.4 Å². The molecular weight excluding hydrogens is 267 g/mol.